The summed E-state index contributed by atoms with van der Waals surface area (Å²) in [5.74, 6) is 0.910. The van der Waals surface area contributed by atoms with Crippen molar-refractivity contribution < 1.29 is 8.42 Å². The third kappa shape index (κ3) is 3.65. The van der Waals surface area contributed by atoms with Crippen molar-refractivity contribution in [2.45, 2.75) is 51.0 Å². The van der Waals surface area contributed by atoms with Crippen LogP contribution in [0.3, 0.4) is 0 Å². The van der Waals surface area contributed by atoms with Crippen LogP contribution in [0.2, 0.25) is 0 Å². The largest absolute Gasteiger partial charge is 0.393 e. The van der Waals surface area contributed by atoms with Crippen molar-refractivity contribution in [3.8, 4) is 0 Å². The maximum Gasteiger partial charge on any atom is 0.211 e. The molecule has 0 aliphatic heterocycles. The van der Waals surface area contributed by atoms with Gasteiger partial charge in [-0.15, -0.1) is 0 Å². The van der Waals surface area contributed by atoms with Crippen LogP contribution in [-0.4, -0.2) is 25.2 Å². The van der Waals surface area contributed by atoms with Gasteiger partial charge >= 0.3 is 0 Å². The summed E-state index contributed by atoms with van der Waals surface area (Å²) in [6.45, 7) is 0. The van der Waals surface area contributed by atoms with Gasteiger partial charge in [-0.25, -0.2) is 13.1 Å². The highest BCUT2D eigenvalue weighted by atomic mass is 32.2. The van der Waals surface area contributed by atoms with Gasteiger partial charge in [-0.3, -0.25) is 0 Å². The Morgan fingerprint density at radius 1 is 1.22 bits per heavy atom. The zero-order chi connectivity index (χ0) is 13.2. The van der Waals surface area contributed by atoms with Crippen molar-refractivity contribution in [1.82, 2.24) is 4.72 Å². The van der Waals surface area contributed by atoms with E-state index in [9.17, 15) is 8.42 Å². The van der Waals surface area contributed by atoms with Gasteiger partial charge in [0.2, 0.25) is 10.0 Å². The van der Waals surface area contributed by atoms with E-state index in [0.717, 1.165) is 25.7 Å². The second-order valence-electron chi connectivity index (χ2n) is 5.57. The Morgan fingerprint density at radius 2 is 1.89 bits per heavy atom. The number of rotatable bonds is 6. The summed E-state index contributed by atoms with van der Waals surface area (Å²) >= 11 is 5.00. The predicted octanol–water partition coefficient (Wildman–Crippen LogP) is 1.55. The first-order valence-corrected chi connectivity index (χ1v) is 8.83. The van der Waals surface area contributed by atoms with Crippen molar-refractivity contribution in [3.05, 3.63) is 0 Å². The molecule has 0 amide bonds. The third-order valence-corrected chi connectivity index (χ3v) is 5.97. The van der Waals surface area contributed by atoms with E-state index in [2.05, 4.69) is 4.72 Å². The molecule has 2 saturated carbocycles. The van der Waals surface area contributed by atoms with Crippen molar-refractivity contribution in [3.63, 3.8) is 0 Å². The molecule has 0 bridgehead atoms. The molecule has 0 radical (unpaired) electrons. The van der Waals surface area contributed by atoms with E-state index in [0.29, 0.717) is 10.9 Å². The molecule has 4 nitrogen and oxygen atoms in total. The number of sulfonamides is 1. The quantitative estimate of drug-likeness (QED) is 0.728. The molecule has 6 heteroatoms. The number of thiocarbonyl (C=S) groups is 1. The molecule has 18 heavy (non-hydrogen) atoms. The molecule has 0 aromatic heterocycles. The molecular weight excluding hydrogens is 268 g/mol. The Kier molecular flexibility index (Phi) is 4.61. The summed E-state index contributed by atoms with van der Waals surface area (Å²) in [6, 6.07) is -0.0751. The van der Waals surface area contributed by atoms with Crippen molar-refractivity contribution in [2.24, 2.45) is 17.6 Å². The fourth-order valence-corrected chi connectivity index (χ4v) is 4.62. The van der Waals surface area contributed by atoms with Gasteiger partial charge in [-0.2, -0.15) is 0 Å². The Morgan fingerprint density at radius 3 is 2.44 bits per heavy atom. The summed E-state index contributed by atoms with van der Waals surface area (Å²) < 4.78 is 26.8. The van der Waals surface area contributed by atoms with Gasteiger partial charge in [-0.05, 0) is 25.2 Å². The second kappa shape index (κ2) is 5.84. The molecule has 2 unspecified atom stereocenters. The lowest BCUT2D eigenvalue weighted by atomic mass is 9.84. The van der Waals surface area contributed by atoms with Crippen LogP contribution in [-0.2, 0) is 10.0 Å². The van der Waals surface area contributed by atoms with Crippen LogP contribution in [0.15, 0.2) is 0 Å². The molecule has 2 rings (SSSR count). The molecule has 2 atom stereocenters. The standard InChI is InChI=1S/C12H22N2O2S2/c13-12(17)10-5-2-6-11(10)14-18(15,16)8-7-9-3-1-4-9/h9-11,14H,1-8H2,(H2,13,17). The third-order valence-electron chi connectivity index (χ3n) is 4.23. The van der Waals surface area contributed by atoms with Crippen LogP contribution < -0.4 is 10.5 Å². The topological polar surface area (TPSA) is 72.2 Å². The molecule has 3 N–H and O–H groups in total. The van der Waals surface area contributed by atoms with Crippen molar-refractivity contribution in [1.29, 1.82) is 0 Å². The zero-order valence-electron chi connectivity index (χ0n) is 10.6. The van der Waals surface area contributed by atoms with Crippen LogP contribution >= 0.6 is 12.2 Å². The highest BCUT2D eigenvalue weighted by molar-refractivity contribution is 7.89. The Labute approximate surface area is 115 Å². The highest BCUT2D eigenvalue weighted by Crippen LogP contribution is 2.30. The van der Waals surface area contributed by atoms with Crippen molar-refractivity contribution in [2.75, 3.05) is 5.75 Å². The summed E-state index contributed by atoms with van der Waals surface area (Å²) in [4.78, 5) is 0.444. The van der Waals surface area contributed by atoms with Gasteiger partial charge in [-0.1, -0.05) is 37.9 Å². The monoisotopic (exact) mass is 290 g/mol. The average Bonchev–Trinajstić information content (AvgIpc) is 2.62. The first-order chi connectivity index (χ1) is 8.48. The van der Waals surface area contributed by atoms with E-state index in [1.54, 1.807) is 0 Å². The zero-order valence-corrected chi connectivity index (χ0v) is 12.2. The summed E-state index contributed by atoms with van der Waals surface area (Å²) in [5.41, 5.74) is 5.66. The summed E-state index contributed by atoms with van der Waals surface area (Å²) in [7, 11) is -3.17. The minimum Gasteiger partial charge on any atom is -0.393 e. The average molecular weight is 290 g/mol. The van der Waals surface area contributed by atoms with E-state index in [-0.39, 0.29) is 17.7 Å². The van der Waals surface area contributed by atoms with Gasteiger partial charge < -0.3 is 5.73 Å². The van der Waals surface area contributed by atoms with Crippen LogP contribution in [0.5, 0.6) is 0 Å². The van der Waals surface area contributed by atoms with Crippen LogP contribution in [0.4, 0.5) is 0 Å². The number of hydrogen-bond acceptors (Lipinski definition) is 3. The molecule has 0 heterocycles. The Hall–Kier alpha value is -0.200. The lowest BCUT2D eigenvalue weighted by Crippen LogP contribution is -2.42. The van der Waals surface area contributed by atoms with Crippen LogP contribution in [0, 0.1) is 11.8 Å². The van der Waals surface area contributed by atoms with Crippen LogP contribution in [0.25, 0.3) is 0 Å². The summed E-state index contributed by atoms with van der Waals surface area (Å²) in [6.07, 6.45) is 7.18. The maximum atomic E-state index is 12.0. The molecule has 0 spiro atoms. The maximum absolute atomic E-state index is 12.0. The number of nitrogens with two attached hydrogens (primary N) is 1. The first-order valence-electron chi connectivity index (χ1n) is 6.77. The van der Waals surface area contributed by atoms with Crippen molar-refractivity contribution >= 4 is 27.2 Å². The van der Waals surface area contributed by atoms with E-state index >= 15 is 0 Å². The van der Waals surface area contributed by atoms with E-state index in [1.165, 1.54) is 19.3 Å². The van der Waals surface area contributed by atoms with Gasteiger partial charge in [0, 0.05) is 12.0 Å². The smallest absolute Gasteiger partial charge is 0.211 e. The predicted molar refractivity (Wildman–Crippen MR) is 76.8 cm³/mol. The molecule has 0 saturated heterocycles. The molecule has 0 aromatic carbocycles. The second-order valence-corrected chi connectivity index (χ2v) is 7.91. The normalized spacial score (nSPS) is 29.1. The molecular formula is C12H22N2O2S2. The fourth-order valence-electron chi connectivity index (χ4n) is 2.83. The first kappa shape index (κ1) is 14.2. The molecule has 104 valence electrons. The van der Waals surface area contributed by atoms with Gasteiger partial charge in [0.15, 0.2) is 0 Å². The van der Waals surface area contributed by atoms with Gasteiger partial charge in [0.1, 0.15) is 0 Å². The SMILES string of the molecule is NC(=S)C1CCCC1NS(=O)(=O)CCC1CCC1. The lowest BCUT2D eigenvalue weighted by Gasteiger charge is -2.26. The lowest BCUT2D eigenvalue weighted by molar-refractivity contribution is 0.307. The van der Waals surface area contributed by atoms with E-state index < -0.39 is 10.0 Å². The molecule has 2 aliphatic rings. The highest BCUT2D eigenvalue weighted by Gasteiger charge is 2.32. The van der Waals surface area contributed by atoms with Crippen LogP contribution in [0.1, 0.15) is 44.9 Å². The minimum atomic E-state index is -3.17. The van der Waals surface area contributed by atoms with Gasteiger partial charge in [0.25, 0.3) is 0 Å². The Balaban J connectivity index is 1.84. The number of hydrogen-bond donors (Lipinski definition) is 2. The van der Waals surface area contributed by atoms with Gasteiger partial charge in [0.05, 0.1) is 10.7 Å². The van der Waals surface area contributed by atoms with E-state index in [4.69, 9.17) is 18.0 Å². The molecule has 2 fully saturated rings. The summed E-state index contributed by atoms with van der Waals surface area (Å²) in [5, 5.41) is 0. The molecule has 0 aromatic rings. The Bertz CT molecular complexity index is 404. The fraction of sp³-hybridized carbons (Fsp3) is 0.917. The van der Waals surface area contributed by atoms with E-state index in [1.807, 2.05) is 0 Å². The minimum absolute atomic E-state index is 0.0403. The molecule has 2 aliphatic carbocycles. The number of nitrogens with one attached hydrogen (secondary N) is 1.